The van der Waals surface area contributed by atoms with Gasteiger partial charge < -0.3 is 10.2 Å². The lowest BCUT2D eigenvalue weighted by Gasteiger charge is -2.43. The molecule has 1 fully saturated rings. The summed E-state index contributed by atoms with van der Waals surface area (Å²) in [4.78, 5) is 26.5. The van der Waals surface area contributed by atoms with Gasteiger partial charge in [0.25, 0.3) is 5.91 Å². The number of hydrogen-bond donors (Lipinski definition) is 1. The van der Waals surface area contributed by atoms with Crippen LogP contribution in [0.25, 0.3) is 0 Å². The first-order valence-electron chi connectivity index (χ1n) is 7.32. The second kappa shape index (κ2) is 6.98. The van der Waals surface area contributed by atoms with Crippen molar-refractivity contribution >= 4 is 23.6 Å². The van der Waals surface area contributed by atoms with E-state index < -0.39 is 5.54 Å². The summed E-state index contributed by atoms with van der Waals surface area (Å²) in [5.41, 5.74) is -0.0493. The topological polar surface area (TPSA) is 49.4 Å². The quantitative estimate of drug-likeness (QED) is 0.818. The monoisotopic (exact) mass is 306 g/mol. The van der Waals surface area contributed by atoms with Crippen LogP contribution in [0.3, 0.4) is 0 Å². The van der Waals surface area contributed by atoms with Gasteiger partial charge in [-0.25, -0.2) is 0 Å². The van der Waals surface area contributed by atoms with E-state index in [9.17, 15) is 9.59 Å². The molecule has 0 bridgehead atoms. The third kappa shape index (κ3) is 3.23. The van der Waals surface area contributed by atoms with Crippen molar-refractivity contribution in [2.24, 2.45) is 0 Å². The average molecular weight is 306 g/mol. The van der Waals surface area contributed by atoms with E-state index in [-0.39, 0.29) is 18.4 Å². The van der Waals surface area contributed by atoms with E-state index in [2.05, 4.69) is 12.2 Å². The second-order valence-corrected chi connectivity index (χ2v) is 6.61. The number of piperazine rings is 1. The third-order valence-corrected chi connectivity index (χ3v) is 4.88. The van der Waals surface area contributed by atoms with Crippen LogP contribution in [0.4, 0.5) is 0 Å². The molecule has 1 aliphatic heterocycles. The average Bonchev–Trinajstić information content (AvgIpc) is 2.51. The summed E-state index contributed by atoms with van der Waals surface area (Å²) in [6.07, 6.45) is 0.903. The summed E-state index contributed by atoms with van der Waals surface area (Å²) in [6, 6.07) is 9.53. The zero-order valence-electron chi connectivity index (χ0n) is 12.6. The Labute approximate surface area is 130 Å². The highest BCUT2D eigenvalue weighted by Gasteiger charge is 2.46. The van der Waals surface area contributed by atoms with E-state index in [0.717, 1.165) is 23.5 Å². The number of rotatable bonds is 6. The second-order valence-electron chi connectivity index (χ2n) is 5.22. The van der Waals surface area contributed by atoms with Crippen LogP contribution in [0.15, 0.2) is 30.3 Å². The van der Waals surface area contributed by atoms with Gasteiger partial charge in [0.05, 0.1) is 6.54 Å². The Hall–Kier alpha value is -1.49. The minimum Gasteiger partial charge on any atom is -0.345 e. The highest BCUT2D eigenvalue weighted by Crippen LogP contribution is 2.31. The summed E-state index contributed by atoms with van der Waals surface area (Å²) in [7, 11) is 0. The standard InChI is InChI=1S/C16H22N2O2S/c1-3-21-11-7-10-18-14(19)12-17-15(20)16(18,2)13-8-5-4-6-9-13/h4-6,8-9H,3,7,10-12H2,1-2H3,(H,17,20). The van der Waals surface area contributed by atoms with Gasteiger partial charge in [0.1, 0.15) is 5.54 Å². The highest BCUT2D eigenvalue weighted by molar-refractivity contribution is 7.99. The lowest BCUT2D eigenvalue weighted by Crippen LogP contribution is -2.64. The molecule has 1 saturated heterocycles. The van der Waals surface area contributed by atoms with Gasteiger partial charge in [-0.2, -0.15) is 11.8 Å². The van der Waals surface area contributed by atoms with Gasteiger partial charge in [-0.3, -0.25) is 9.59 Å². The highest BCUT2D eigenvalue weighted by atomic mass is 32.2. The van der Waals surface area contributed by atoms with Gasteiger partial charge in [-0.15, -0.1) is 0 Å². The fourth-order valence-electron chi connectivity index (χ4n) is 2.66. The first-order chi connectivity index (χ1) is 10.1. The number of amides is 2. The number of nitrogens with one attached hydrogen (secondary N) is 1. The summed E-state index contributed by atoms with van der Waals surface area (Å²) in [5, 5.41) is 2.72. The maximum Gasteiger partial charge on any atom is 0.250 e. The van der Waals surface area contributed by atoms with E-state index in [1.807, 2.05) is 49.0 Å². The number of carbonyl (C=O) groups excluding carboxylic acids is 2. The van der Waals surface area contributed by atoms with Crippen molar-refractivity contribution in [3.8, 4) is 0 Å². The van der Waals surface area contributed by atoms with Gasteiger partial charge in [0.15, 0.2) is 0 Å². The number of hydrogen-bond acceptors (Lipinski definition) is 3. The van der Waals surface area contributed by atoms with E-state index in [4.69, 9.17) is 0 Å². The molecule has 1 aromatic rings. The molecule has 1 aromatic carbocycles. The predicted octanol–water partition coefficient (Wildman–Crippen LogP) is 2.00. The first kappa shape index (κ1) is 15.9. The molecule has 1 aliphatic rings. The van der Waals surface area contributed by atoms with Crippen LogP contribution in [0, 0.1) is 0 Å². The fraction of sp³-hybridized carbons (Fsp3) is 0.500. The van der Waals surface area contributed by atoms with Crippen LogP contribution in [0.2, 0.25) is 0 Å². The molecule has 0 aliphatic carbocycles. The molecule has 21 heavy (non-hydrogen) atoms. The Morgan fingerprint density at radius 1 is 1.29 bits per heavy atom. The molecule has 0 aromatic heterocycles. The van der Waals surface area contributed by atoms with Crippen molar-refractivity contribution in [1.82, 2.24) is 10.2 Å². The van der Waals surface area contributed by atoms with Crippen molar-refractivity contribution in [2.75, 3.05) is 24.6 Å². The maximum absolute atomic E-state index is 12.5. The Morgan fingerprint density at radius 3 is 2.67 bits per heavy atom. The minimum absolute atomic E-state index is 0.0116. The molecule has 1 N–H and O–H groups in total. The molecule has 114 valence electrons. The number of carbonyl (C=O) groups is 2. The molecule has 1 heterocycles. The number of nitrogens with zero attached hydrogens (tertiary/aromatic N) is 1. The van der Waals surface area contributed by atoms with Crippen LogP contribution in [0.5, 0.6) is 0 Å². The maximum atomic E-state index is 12.5. The smallest absolute Gasteiger partial charge is 0.250 e. The number of benzene rings is 1. The van der Waals surface area contributed by atoms with Gasteiger partial charge in [0.2, 0.25) is 5.91 Å². The molecule has 2 rings (SSSR count). The Balaban J connectivity index is 2.24. The number of thioether (sulfide) groups is 1. The normalized spacial score (nSPS) is 22.3. The van der Waals surface area contributed by atoms with Gasteiger partial charge in [-0.1, -0.05) is 37.3 Å². The van der Waals surface area contributed by atoms with Crippen molar-refractivity contribution in [3.05, 3.63) is 35.9 Å². The molecule has 1 unspecified atom stereocenters. The molecular formula is C16H22N2O2S. The fourth-order valence-corrected chi connectivity index (χ4v) is 3.28. The molecule has 1 atom stereocenters. The van der Waals surface area contributed by atoms with Crippen molar-refractivity contribution in [1.29, 1.82) is 0 Å². The Bertz CT molecular complexity index is 506. The summed E-state index contributed by atoms with van der Waals surface area (Å²) >= 11 is 1.86. The van der Waals surface area contributed by atoms with Crippen LogP contribution in [0.1, 0.15) is 25.8 Å². The molecule has 2 amide bonds. The zero-order chi connectivity index (χ0) is 15.3. The molecular weight excluding hydrogens is 284 g/mol. The van der Waals surface area contributed by atoms with E-state index in [1.165, 1.54) is 0 Å². The summed E-state index contributed by atoms with van der Waals surface area (Å²) in [5.74, 6) is 1.97. The van der Waals surface area contributed by atoms with E-state index in [1.54, 1.807) is 4.90 Å². The minimum atomic E-state index is -0.909. The third-order valence-electron chi connectivity index (χ3n) is 3.89. The van der Waals surface area contributed by atoms with Crippen LogP contribution in [-0.4, -0.2) is 41.3 Å². The lowest BCUT2D eigenvalue weighted by molar-refractivity contribution is -0.153. The SMILES string of the molecule is CCSCCCN1C(=O)CNC(=O)C1(C)c1ccccc1. The molecule has 0 spiro atoms. The van der Waals surface area contributed by atoms with Crippen LogP contribution >= 0.6 is 11.8 Å². The lowest BCUT2D eigenvalue weighted by atomic mass is 9.87. The van der Waals surface area contributed by atoms with Gasteiger partial charge >= 0.3 is 0 Å². The van der Waals surface area contributed by atoms with Crippen molar-refractivity contribution in [2.45, 2.75) is 25.8 Å². The Kier molecular flexibility index (Phi) is 5.28. The molecule has 0 saturated carbocycles. The Morgan fingerprint density at radius 2 is 2.00 bits per heavy atom. The zero-order valence-corrected chi connectivity index (χ0v) is 13.4. The molecule has 0 radical (unpaired) electrons. The van der Waals surface area contributed by atoms with Gasteiger partial charge in [-0.05, 0) is 30.4 Å². The molecule has 5 heteroatoms. The summed E-state index contributed by atoms with van der Waals surface area (Å²) < 4.78 is 0. The van der Waals surface area contributed by atoms with Crippen molar-refractivity contribution < 1.29 is 9.59 Å². The van der Waals surface area contributed by atoms with E-state index >= 15 is 0 Å². The van der Waals surface area contributed by atoms with Gasteiger partial charge in [0, 0.05) is 6.54 Å². The first-order valence-corrected chi connectivity index (χ1v) is 8.48. The summed E-state index contributed by atoms with van der Waals surface area (Å²) in [6.45, 7) is 4.67. The molecule has 4 nitrogen and oxygen atoms in total. The van der Waals surface area contributed by atoms with Crippen LogP contribution in [-0.2, 0) is 15.1 Å². The van der Waals surface area contributed by atoms with E-state index in [0.29, 0.717) is 6.54 Å². The van der Waals surface area contributed by atoms with Crippen LogP contribution < -0.4 is 5.32 Å². The predicted molar refractivity (Wildman–Crippen MR) is 86.1 cm³/mol. The largest absolute Gasteiger partial charge is 0.345 e. The van der Waals surface area contributed by atoms with Crippen molar-refractivity contribution in [3.63, 3.8) is 0 Å².